The van der Waals surface area contributed by atoms with Gasteiger partial charge in [0.1, 0.15) is 0 Å². The molecule has 0 fully saturated rings. The molecule has 0 saturated carbocycles. The number of phosphoric acid groups is 1. The Morgan fingerprint density at radius 2 is 2.00 bits per heavy atom. The quantitative estimate of drug-likeness (QED) is 0.381. The molecule has 0 aliphatic heterocycles. The fourth-order valence-electron chi connectivity index (χ4n) is 0.0971. The van der Waals surface area contributed by atoms with Crippen molar-refractivity contribution in [3.63, 3.8) is 0 Å². The minimum absolute atomic E-state index is 0. The third-order valence-electron chi connectivity index (χ3n) is 0.212. The molecule has 0 bridgehead atoms. The van der Waals surface area contributed by atoms with Crippen LogP contribution in [0.3, 0.4) is 0 Å². The first kappa shape index (κ1) is 10.6. The van der Waals surface area contributed by atoms with Gasteiger partial charge in [-0.3, -0.25) is 9.79 Å². The third kappa shape index (κ3) is 9.17. The first-order valence-electron chi connectivity index (χ1n) is 1.41. The first-order valence-corrected chi connectivity index (χ1v) is 2.94. The van der Waals surface area contributed by atoms with E-state index in [1.54, 1.807) is 0 Å². The summed E-state index contributed by atoms with van der Waals surface area (Å²) in [6.45, 7) is 2.93. The number of phosphoric ester groups is 1. The van der Waals surface area contributed by atoms with Crippen LogP contribution in [0.15, 0.2) is 12.8 Å². The zero-order valence-corrected chi connectivity index (χ0v) is 5.04. The van der Waals surface area contributed by atoms with Gasteiger partial charge in [-0.1, -0.05) is 6.58 Å². The zero-order chi connectivity index (χ0) is 5.91. The Bertz CT molecular complexity index is 107. The van der Waals surface area contributed by atoms with Crippen LogP contribution < -0.4 is 6.15 Å². The van der Waals surface area contributed by atoms with E-state index < -0.39 is 7.82 Å². The molecule has 0 amide bonds. The summed E-state index contributed by atoms with van der Waals surface area (Å²) in [4.78, 5) is 15.7. The maximum atomic E-state index is 9.63. The molecule has 0 aromatic rings. The minimum Gasteiger partial charge on any atom is -0.413 e. The summed E-state index contributed by atoms with van der Waals surface area (Å²) in [5.74, 6) is 0. The molecule has 0 saturated heterocycles. The zero-order valence-electron chi connectivity index (χ0n) is 4.15. The smallest absolute Gasteiger partial charge is 0.413 e. The van der Waals surface area contributed by atoms with Crippen LogP contribution in [0.25, 0.3) is 0 Å². The van der Waals surface area contributed by atoms with Crippen molar-refractivity contribution < 1.29 is 18.9 Å². The molecule has 50 valence electrons. The molecule has 0 aromatic heterocycles. The molecule has 6 heteroatoms. The predicted octanol–water partition coefficient (Wildman–Crippen LogP) is 0.401. The number of hydrogen-bond donors (Lipinski definition) is 3. The van der Waals surface area contributed by atoms with Crippen molar-refractivity contribution in [2.45, 2.75) is 0 Å². The number of rotatable bonds is 2. The van der Waals surface area contributed by atoms with Gasteiger partial charge in [0, 0.05) is 0 Å². The van der Waals surface area contributed by atoms with Crippen molar-refractivity contribution in [1.82, 2.24) is 6.15 Å². The maximum Gasteiger partial charge on any atom is 0.524 e. The van der Waals surface area contributed by atoms with Crippen molar-refractivity contribution in [1.29, 1.82) is 0 Å². The molecule has 0 heterocycles. The van der Waals surface area contributed by atoms with Gasteiger partial charge in [0.05, 0.1) is 6.26 Å². The molecule has 0 rings (SSSR count). The SMILES string of the molecule is C=COP(=O)(O)O.N. The number of hydrogen-bond acceptors (Lipinski definition) is 3. The van der Waals surface area contributed by atoms with Gasteiger partial charge in [-0.15, -0.1) is 0 Å². The molecule has 0 unspecified atom stereocenters. The van der Waals surface area contributed by atoms with Gasteiger partial charge in [-0.2, -0.15) is 0 Å². The van der Waals surface area contributed by atoms with Crippen molar-refractivity contribution in [3.05, 3.63) is 12.8 Å². The standard InChI is InChI=1S/C2H5O4P.H3N/c1-2-6-7(3,4)5;/h2H,1H2,(H2,3,4,5);1H3. The van der Waals surface area contributed by atoms with Crippen molar-refractivity contribution >= 4 is 7.82 Å². The minimum atomic E-state index is -4.28. The molecule has 0 aliphatic rings. The van der Waals surface area contributed by atoms with Crippen molar-refractivity contribution in [2.75, 3.05) is 0 Å². The van der Waals surface area contributed by atoms with E-state index in [4.69, 9.17) is 9.79 Å². The lowest BCUT2D eigenvalue weighted by Gasteiger charge is -1.96. The lowest BCUT2D eigenvalue weighted by Crippen LogP contribution is -1.75. The van der Waals surface area contributed by atoms with E-state index in [2.05, 4.69) is 11.1 Å². The Morgan fingerprint density at radius 1 is 1.62 bits per heavy atom. The van der Waals surface area contributed by atoms with Crippen molar-refractivity contribution in [2.24, 2.45) is 0 Å². The highest BCUT2D eigenvalue weighted by atomic mass is 31.2. The van der Waals surface area contributed by atoms with Crippen LogP contribution >= 0.6 is 7.82 Å². The van der Waals surface area contributed by atoms with E-state index in [-0.39, 0.29) is 6.15 Å². The van der Waals surface area contributed by atoms with E-state index >= 15 is 0 Å². The second kappa shape index (κ2) is 3.63. The highest BCUT2D eigenvalue weighted by Crippen LogP contribution is 2.35. The molecular weight excluding hydrogens is 133 g/mol. The highest BCUT2D eigenvalue weighted by Gasteiger charge is 2.10. The molecule has 0 aliphatic carbocycles. The van der Waals surface area contributed by atoms with E-state index in [9.17, 15) is 4.57 Å². The Morgan fingerprint density at radius 3 is 2.00 bits per heavy atom. The average molecular weight is 141 g/mol. The second-order valence-corrected chi connectivity index (χ2v) is 1.95. The first-order chi connectivity index (χ1) is 3.06. The Balaban J connectivity index is 0. The maximum absolute atomic E-state index is 9.63. The summed E-state index contributed by atoms with van der Waals surface area (Å²) in [5, 5.41) is 0. The highest BCUT2D eigenvalue weighted by molar-refractivity contribution is 7.46. The monoisotopic (exact) mass is 141 g/mol. The fraction of sp³-hybridized carbons (Fsp3) is 0. The molecule has 5 N–H and O–H groups in total. The summed E-state index contributed by atoms with van der Waals surface area (Å²) < 4.78 is 13.3. The average Bonchev–Trinajstić information content (AvgIpc) is 1.30. The van der Waals surface area contributed by atoms with Gasteiger partial charge in [-0.05, 0) is 0 Å². The van der Waals surface area contributed by atoms with E-state index in [1.165, 1.54) is 0 Å². The molecule has 0 atom stereocenters. The topological polar surface area (TPSA) is 102 Å². The van der Waals surface area contributed by atoms with Crippen LogP contribution in [0, 0.1) is 0 Å². The largest absolute Gasteiger partial charge is 0.524 e. The van der Waals surface area contributed by atoms with E-state index in [0.717, 1.165) is 0 Å². The Hall–Kier alpha value is -0.350. The van der Waals surface area contributed by atoms with E-state index in [1.807, 2.05) is 0 Å². The van der Waals surface area contributed by atoms with E-state index in [0.29, 0.717) is 6.26 Å². The molecular formula is C2H8NO4P. The lowest BCUT2D eigenvalue weighted by atomic mass is 11.2. The lowest BCUT2D eigenvalue weighted by molar-refractivity contribution is 0.259. The van der Waals surface area contributed by atoms with Gasteiger partial charge in [-0.25, -0.2) is 4.57 Å². The summed E-state index contributed by atoms with van der Waals surface area (Å²) >= 11 is 0. The summed E-state index contributed by atoms with van der Waals surface area (Å²) in [6, 6.07) is 0. The third-order valence-corrected chi connectivity index (χ3v) is 0.636. The van der Waals surface area contributed by atoms with Gasteiger partial charge in [0.2, 0.25) is 0 Å². The van der Waals surface area contributed by atoms with Crippen LogP contribution in [-0.2, 0) is 9.09 Å². The molecule has 0 aromatic carbocycles. The molecule has 0 radical (unpaired) electrons. The summed E-state index contributed by atoms with van der Waals surface area (Å²) in [7, 11) is -4.28. The van der Waals surface area contributed by atoms with Gasteiger partial charge in [0.25, 0.3) is 0 Å². The predicted molar refractivity (Wildman–Crippen MR) is 28.3 cm³/mol. The van der Waals surface area contributed by atoms with Crippen LogP contribution in [0.5, 0.6) is 0 Å². The van der Waals surface area contributed by atoms with Crippen LogP contribution in [0.2, 0.25) is 0 Å². The fourth-order valence-corrected chi connectivity index (χ4v) is 0.291. The van der Waals surface area contributed by atoms with Crippen LogP contribution in [0.4, 0.5) is 0 Å². The molecule has 8 heavy (non-hydrogen) atoms. The normalized spacial score (nSPS) is 9.25. The summed E-state index contributed by atoms with van der Waals surface area (Å²) in [5.41, 5.74) is 0. The molecule has 5 nitrogen and oxygen atoms in total. The van der Waals surface area contributed by atoms with Gasteiger partial charge >= 0.3 is 7.82 Å². The summed E-state index contributed by atoms with van der Waals surface area (Å²) in [6.07, 6.45) is 0.695. The van der Waals surface area contributed by atoms with Crippen molar-refractivity contribution in [3.8, 4) is 0 Å². The van der Waals surface area contributed by atoms with Gasteiger partial charge in [0.15, 0.2) is 0 Å². The second-order valence-electron chi connectivity index (χ2n) is 0.763. The van der Waals surface area contributed by atoms with Gasteiger partial charge < -0.3 is 10.7 Å². The Kier molecular flexibility index (Phi) is 4.81. The molecule has 0 spiro atoms. The van der Waals surface area contributed by atoms with Crippen LogP contribution in [0.1, 0.15) is 0 Å². The Labute approximate surface area is 46.8 Å². The van der Waals surface area contributed by atoms with Crippen LogP contribution in [-0.4, -0.2) is 9.79 Å².